The summed E-state index contributed by atoms with van der Waals surface area (Å²) in [6.45, 7) is 1.81. The van der Waals surface area contributed by atoms with Crippen LogP contribution in [0.1, 0.15) is 11.3 Å². The van der Waals surface area contributed by atoms with Crippen LogP contribution >= 0.6 is 15.9 Å². The van der Waals surface area contributed by atoms with Crippen molar-refractivity contribution in [3.63, 3.8) is 0 Å². The third kappa shape index (κ3) is 4.40. The van der Waals surface area contributed by atoms with Crippen molar-refractivity contribution in [3.8, 4) is 5.75 Å². The zero-order valence-corrected chi connectivity index (χ0v) is 12.8. The van der Waals surface area contributed by atoms with E-state index in [0.29, 0.717) is 0 Å². The minimum atomic E-state index is 0.783. The Bertz CT molecular complexity index is 507. The van der Waals surface area contributed by atoms with E-state index in [0.717, 1.165) is 35.7 Å². The number of hydrogen-bond acceptors (Lipinski definition) is 3. The van der Waals surface area contributed by atoms with Gasteiger partial charge in [0.1, 0.15) is 11.5 Å². The van der Waals surface area contributed by atoms with Gasteiger partial charge in [-0.05, 0) is 59.2 Å². The van der Waals surface area contributed by atoms with Gasteiger partial charge in [-0.25, -0.2) is 0 Å². The molecule has 4 heteroatoms. The van der Waals surface area contributed by atoms with Gasteiger partial charge < -0.3 is 9.15 Å². The molecular weight excluding hydrogens is 306 g/mol. The standard InChI is InChI=1S/C15H18BrNO2/c1-17(11-14-7-8-15(16)19-14)10-9-12-3-5-13(18-2)6-4-12/h3-8H,9-11H2,1-2H3. The second-order valence-electron chi connectivity index (χ2n) is 4.54. The summed E-state index contributed by atoms with van der Waals surface area (Å²) >= 11 is 3.31. The maximum atomic E-state index is 5.49. The molecule has 1 aromatic carbocycles. The van der Waals surface area contributed by atoms with Crippen LogP contribution in [0, 0.1) is 0 Å². The van der Waals surface area contributed by atoms with Crippen LogP contribution < -0.4 is 4.74 Å². The number of halogens is 1. The second-order valence-corrected chi connectivity index (χ2v) is 5.32. The Kier molecular flexibility index (Phi) is 5.05. The van der Waals surface area contributed by atoms with Crippen LogP contribution in [0.25, 0.3) is 0 Å². The monoisotopic (exact) mass is 323 g/mol. The third-order valence-corrected chi connectivity index (χ3v) is 3.42. The molecule has 0 unspecified atom stereocenters. The zero-order chi connectivity index (χ0) is 13.7. The van der Waals surface area contributed by atoms with Crippen molar-refractivity contribution < 1.29 is 9.15 Å². The fourth-order valence-electron chi connectivity index (χ4n) is 1.89. The quantitative estimate of drug-likeness (QED) is 0.810. The molecular formula is C15H18BrNO2. The van der Waals surface area contributed by atoms with Gasteiger partial charge in [0, 0.05) is 6.54 Å². The number of methoxy groups -OCH3 is 1. The number of furan rings is 1. The molecule has 2 rings (SSSR count). The summed E-state index contributed by atoms with van der Waals surface area (Å²) in [6.07, 6.45) is 1.02. The van der Waals surface area contributed by atoms with E-state index in [1.165, 1.54) is 5.56 Å². The molecule has 0 saturated carbocycles. The smallest absolute Gasteiger partial charge is 0.169 e. The molecule has 0 radical (unpaired) electrons. The molecule has 102 valence electrons. The van der Waals surface area contributed by atoms with Crippen molar-refractivity contribution in [2.75, 3.05) is 20.7 Å². The Morgan fingerprint density at radius 1 is 1.16 bits per heavy atom. The van der Waals surface area contributed by atoms with Crippen LogP contribution in [0.3, 0.4) is 0 Å². The summed E-state index contributed by atoms with van der Waals surface area (Å²) in [5, 5.41) is 0. The summed E-state index contributed by atoms with van der Waals surface area (Å²) in [7, 11) is 3.78. The molecule has 3 nitrogen and oxygen atoms in total. The van der Waals surface area contributed by atoms with Gasteiger partial charge in [-0.3, -0.25) is 4.90 Å². The van der Waals surface area contributed by atoms with E-state index in [1.54, 1.807) is 7.11 Å². The Morgan fingerprint density at radius 2 is 1.89 bits per heavy atom. The fourth-order valence-corrected chi connectivity index (χ4v) is 2.23. The van der Waals surface area contributed by atoms with Crippen molar-refractivity contribution in [3.05, 3.63) is 52.4 Å². The normalized spacial score (nSPS) is 10.9. The van der Waals surface area contributed by atoms with E-state index in [1.807, 2.05) is 24.3 Å². The fraction of sp³-hybridized carbons (Fsp3) is 0.333. The molecule has 0 bridgehead atoms. The summed E-state index contributed by atoms with van der Waals surface area (Å²) < 4.78 is 11.4. The van der Waals surface area contributed by atoms with Gasteiger partial charge in [-0.1, -0.05) is 12.1 Å². The first-order valence-corrected chi connectivity index (χ1v) is 7.02. The lowest BCUT2D eigenvalue weighted by Gasteiger charge is -2.15. The van der Waals surface area contributed by atoms with Crippen molar-refractivity contribution in [1.82, 2.24) is 4.90 Å². The molecule has 0 N–H and O–H groups in total. The molecule has 0 saturated heterocycles. The van der Waals surface area contributed by atoms with Crippen molar-refractivity contribution in [1.29, 1.82) is 0 Å². The van der Waals surface area contributed by atoms with Crippen molar-refractivity contribution >= 4 is 15.9 Å². The first-order valence-electron chi connectivity index (χ1n) is 6.23. The Balaban J connectivity index is 1.80. The number of likely N-dealkylation sites (N-methyl/N-ethyl adjacent to an activating group) is 1. The van der Waals surface area contributed by atoms with Gasteiger partial charge in [0.05, 0.1) is 13.7 Å². The predicted octanol–water partition coefficient (Wildman–Crippen LogP) is 3.73. The summed E-state index contributed by atoms with van der Waals surface area (Å²) in [5.41, 5.74) is 1.31. The van der Waals surface area contributed by atoms with Crippen LogP contribution in [0.15, 0.2) is 45.5 Å². The lowest BCUT2D eigenvalue weighted by Crippen LogP contribution is -2.20. The van der Waals surface area contributed by atoms with Gasteiger partial charge in [-0.2, -0.15) is 0 Å². The van der Waals surface area contributed by atoms with E-state index in [4.69, 9.17) is 9.15 Å². The van der Waals surface area contributed by atoms with E-state index in [-0.39, 0.29) is 0 Å². The summed E-state index contributed by atoms with van der Waals surface area (Å²) in [5.74, 6) is 1.88. The minimum absolute atomic E-state index is 0.783. The van der Waals surface area contributed by atoms with E-state index >= 15 is 0 Å². The van der Waals surface area contributed by atoms with Crippen LogP contribution in [0.2, 0.25) is 0 Å². The van der Waals surface area contributed by atoms with Crippen molar-refractivity contribution in [2.24, 2.45) is 0 Å². The molecule has 1 aromatic heterocycles. The number of hydrogen-bond donors (Lipinski definition) is 0. The molecule has 0 aliphatic heterocycles. The van der Waals surface area contributed by atoms with E-state index in [9.17, 15) is 0 Å². The topological polar surface area (TPSA) is 25.6 Å². The summed E-state index contributed by atoms with van der Waals surface area (Å²) in [4.78, 5) is 2.25. The Morgan fingerprint density at radius 3 is 2.47 bits per heavy atom. The molecule has 0 aliphatic carbocycles. The molecule has 0 amide bonds. The van der Waals surface area contributed by atoms with Crippen LogP contribution in [-0.4, -0.2) is 25.6 Å². The highest BCUT2D eigenvalue weighted by Crippen LogP contribution is 2.16. The van der Waals surface area contributed by atoms with E-state index < -0.39 is 0 Å². The molecule has 0 atom stereocenters. The van der Waals surface area contributed by atoms with Gasteiger partial charge >= 0.3 is 0 Å². The van der Waals surface area contributed by atoms with Crippen molar-refractivity contribution in [2.45, 2.75) is 13.0 Å². The lowest BCUT2D eigenvalue weighted by atomic mass is 10.1. The zero-order valence-electron chi connectivity index (χ0n) is 11.2. The molecule has 19 heavy (non-hydrogen) atoms. The van der Waals surface area contributed by atoms with Gasteiger partial charge in [0.15, 0.2) is 4.67 Å². The number of benzene rings is 1. The maximum Gasteiger partial charge on any atom is 0.169 e. The molecule has 0 aliphatic rings. The molecule has 0 fully saturated rings. The first kappa shape index (κ1) is 14.2. The SMILES string of the molecule is COc1ccc(CCN(C)Cc2ccc(Br)o2)cc1. The summed E-state index contributed by atoms with van der Waals surface area (Å²) in [6, 6.07) is 12.1. The maximum absolute atomic E-state index is 5.49. The average molecular weight is 324 g/mol. The second kappa shape index (κ2) is 6.78. The van der Waals surface area contributed by atoms with Crippen LogP contribution in [-0.2, 0) is 13.0 Å². The highest BCUT2D eigenvalue weighted by Gasteiger charge is 2.05. The minimum Gasteiger partial charge on any atom is -0.497 e. The van der Waals surface area contributed by atoms with Gasteiger partial charge in [0.2, 0.25) is 0 Å². The van der Waals surface area contributed by atoms with Crippen LogP contribution in [0.5, 0.6) is 5.75 Å². The van der Waals surface area contributed by atoms with Gasteiger partial charge in [-0.15, -0.1) is 0 Å². The van der Waals surface area contributed by atoms with Crippen LogP contribution in [0.4, 0.5) is 0 Å². The number of ether oxygens (including phenoxy) is 1. The third-order valence-electron chi connectivity index (χ3n) is 3.00. The number of rotatable bonds is 6. The van der Waals surface area contributed by atoms with E-state index in [2.05, 4.69) is 40.0 Å². The Hall–Kier alpha value is -1.26. The largest absolute Gasteiger partial charge is 0.497 e. The Labute approximate surface area is 122 Å². The molecule has 1 heterocycles. The lowest BCUT2D eigenvalue weighted by molar-refractivity contribution is 0.295. The first-order chi connectivity index (χ1) is 9.17. The number of nitrogens with zero attached hydrogens (tertiary/aromatic N) is 1. The predicted molar refractivity (Wildman–Crippen MR) is 79.4 cm³/mol. The highest BCUT2D eigenvalue weighted by molar-refractivity contribution is 9.10. The molecule has 2 aromatic rings. The van der Waals surface area contributed by atoms with Gasteiger partial charge in [0.25, 0.3) is 0 Å². The molecule has 0 spiro atoms. The average Bonchev–Trinajstić information content (AvgIpc) is 2.82. The highest BCUT2D eigenvalue weighted by atomic mass is 79.9.